The average molecular weight is 211 g/mol. The van der Waals surface area contributed by atoms with Gasteiger partial charge in [0, 0.05) is 12.1 Å². The zero-order valence-corrected chi connectivity index (χ0v) is 9.26. The summed E-state index contributed by atoms with van der Waals surface area (Å²) in [5, 5.41) is 13.3. The van der Waals surface area contributed by atoms with Crippen molar-refractivity contribution in [3.63, 3.8) is 0 Å². The second kappa shape index (κ2) is 5.24. The fraction of sp³-hybridized carbons (Fsp3) is 0.500. The van der Waals surface area contributed by atoms with Crippen LogP contribution in [0.25, 0.3) is 0 Å². The molecule has 15 heavy (non-hydrogen) atoms. The van der Waals surface area contributed by atoms with Crippen LogP contribution < -0.4 is 5.32 Å². The highest BCUT2D eigenvalue weighted by Gasteiger charge is 2.29. The van der Waals surface area contributed by atoms with Crippen LogP contribution in [0.2, 0.25) is 0 Å². The minimum atomic E-state index is -1.11. The van der Waals surface area contributed by atoms with Gasteiger partial charge in [-0.25, -0.2) is 4.39 Å². The molecule has 0 saturated carbocycles. The highest BCUT2D eigenvalue weighted by Crippen LogP contribution is 2.26. The highest BCUT2D eigenvalue weighted by molar-refractivity contribution is 5.24. The van der Waals surface area contributed by atoms with Crippen LogP contribution in [0.4, 0.5) is 4.39 Å². The Kier molecular flexibility index (Phi) is 4.24. The molecule has 3 heteroatoms. The van der Waals surface area contributed by atoms with E-state index in [0.717, 1.165) is 6.54 Å². The van der Waals surface area contributed by atoms with E-state index in [1.807, 2.05) is 13.8 Å². The summed E-state index contributed by atoms with van der Waals surface area (Å²) in [5.74, 6) is -0.347. The third kappa shape index (κ3) is 2.76. The lowest BCUT2D eigenvalue weighted by Crippen LogP contribution is -2.38. The van der Waals surface area contributed by atoms with E-state index in [1.165, 1.54) is 6.07 Å². The van der Waals surface area contributed by atoms with Crippen LogP contribution in [0.15, 0.2) is 24.3 Å². The maximum atomic E-state index is 13.5. The van der Waals surface area contributed by atoms with Crippen LogP contribution in [0, 0.1) is 5.82 Å². The van der Waals surface area contributed by atoms with Crippen molar-refractivity contribution in [2.24, 2.45) is 0 Å². The molecule has 0 aliphatic carbocycles. The summed E-state index contributed by atoms with van der Waals surface area (Å²) < 4.78 is 13.5. The predicted molar refractivity (Wildman–Crippen MR) is 59.1 cm³/mol. The molecule has 0 saturated heterocycles. The Morgan fingerprint density at radius 1 is 1.33 bits per heavy atom. The first-order valence-corrected chi connectivity index (χ1v) is 5.32. The molecule has 2 nitrogen and oxygen atoms in total. The number of hydrogen-bond donors (Lipinski definition) is 2. The largest absolute Gasteiger partial charge is 0.384 e. The third-order valence-corrected chi connectivity index (χ3v) is 2.63. The molecule has 0 aliphatic heterocycles. The van der Waals surface area contributed by atoms with Gasteiger partial charge in [0.15, 0.2) is 0 Å². The van der Waals surface area contributed by atoms with E-state index in [-0.39, 0.29) is 5.82 Å². The normalized spacial score (nSPS) is 14.9. The highest BCUT2D eigenvalue weighted by atomic mass is 19.1. The molecule has 1 aromatic carbocycles. The van der Waals surface area contributed by atoms with Gasteiger partial charge in [-0.05, 0) is 19.0 Å². The summed E-state index contributed by atoms with van der Waals surface area (Å²) in [5.41, 5.74) is -0.741. The van der Waals surface area contributed by atoms with Crippen LogP contribution in [0.3, 0.4) is 0 Å². The van der Waals surface area contributed by atoms with Crippen molar-refractivity contribution in [2.45, 2.75) is 25.9 Å². The number of likely N-dealkylation sites (N-methyl/N-ethyl adjacent to an activating group) is 1. The van der Waals surface area contributed by atoms with Gasteiger partial charge in [-0.15, -0.1) is 0 Å². The first-order chi connectivity index (χ1) is 7.14. The van der Waals surface area contributed by atoms with Gasteiger partial charge in [0.05, 0.1) is 0 Å². The summed E-state index contributed by atoms with van der Waals surface area (Å²) in [6.45, 7) is 4.94. The second-order valence-electron chi connectivity index (χ2n) is 3.65. The van der Waals surface area contributed by atoms with E-state index in [9.17, 15) is 9.50 Å². The lowest BCUT2D eigenvalue weighted by Gasteiger charge is -2.27. The molecule has 0 radical (unpaired) electrons. The molecular formula is C12H18FNO. The molecule has 0 aromatic heterocycles. The molecule has 0 bridgehead atoms. The molecule has 0 fully saturated rings. The molecule has 1 aromatic rings. The van der Waals surface area contributed by atoms with Crippen LogP contribution in [0.1, 0.15) is 25.8 Å². The molecule has 1 unspecified atom stereocenters. The topological polar surface area (TPSA) is 32.3 Å². The lowest BCUT2D eigenvalue weighted by molar-refractivity contribution is 0.0297. The molecule has 0 heterocycles. The lowest BCUT2D eigenvalue weighted by atomic mass is 9.90. The third-order valence-electron chi connectivity index (χ3n) is 2.63. The molecule has 1 atom stereocenters. The summed E-state index contributed by atoms with van der Waals surface area (Å²) in [6, 6.07) is 6.38. The van der Waals surface area contributed by atoms with E-state index < -0.39 is 5.60 Å². The number of hydrogen-bond acceptors (Lipinski definition) is 2. The van der Waals surface area contributed by atoms with Crippen molar-refractivity contribution >= 4 is 0 Å². The Morgan fingerprint density at radius 2 is 2.00 bits per heavy atom. The van der Waals surface area contributed by atoms with Gasteiger partial charge in [-0.2, -0.15) is 0 Å². The van der Waals surface area contributed by atoms with Gasteiger partial charge in [0.25, 0.3) is 0 Å². The summed E-state index contributed by atoms with van der Waals surface area (Å²) in [6.07, 6.45) is 0.487. The van der Waals surface area contributed by atoms with Gasteiger partial charge in [0.2, 0.25) is 0 Å². The Balaban J connectivity index is 2.95. The Bertz CT molecular complexity index is 316. The first kappa shape index (κ1) is 12.1. The quantitative estimate of drug-likeness (QED) is 0.781. The number of aliphatic hydroxyl groups is 1. The monoisotopic (exact) mass is 211 g/mol. The molecule has 2 N–H and O–H groups in total. The van der Waals surface area contributed by atoms with Crippen molar-refractivity contribution < 1.29 is 9.50 Å². The molecule has 0 amide bonds. The van der Waals surface area contributed by atoms with E-state index in [2.05, 4.69) is 5.32 Å². The maximum Gasteiger partial charge on any atom is 0.129 e. The molecule has 84 valence electrons. The maximum absolute atomic E-state index is 13.5. The van der Waals surface area contributed by atoms with Gasteiger partial charge in [-0.1, -0.05) is 32.0 Å². The predicted octanol–water partition coefficient (Wildman–Crippen LogP) is 2.03. The fourth-order valence-corrected chi connectivity index (χ4v) is 1.58. The smallest absolute Gasteiger partial charge is 0.129 e. The Morgan fingerprint density at radius 3 is 2.53 bits per heavy atom. The number of rotatable bonds is 5. The van der Waals surface area contributed by atoms with Crippen LogP contribution in [0.5, 0.6) is 0 Å². The van der Waals surface area contributed by atoms with Crippen molar-refractivity contribution in [3.05, 3.63) is 35.6 Å². The molecule has 0 aliphatic rings. The average Bonchev–Trinajstić information content (AvgIpc) is 2.26. The minimum Gasteiger partial charge on any atom is -0.384 e. The van der Waals surface area contributed by atoms with Crippen molar-refractivity contribution in [3.8, 4) is 0 Å². The van der Waals surface area contributed by atoms with E-state index >= 15 is 0 Å². The molecule has 1 rings (SSSR count). The molecular weight excluding hydrogens is 193 g/mol. The zero-order valence-electron chi connectivity index (χ0n) is 9.26. The van der Waals surface area contributed by atoms with Gasteiger partial charge in [0.1, 0.15) is 11.4 Å². The van der Waals surface area contributed by atoms with Crippen molar-refractivity contribution in [2.75, 3.05) is 13.1 Å². The fourth-order valence-electron chi connectivity index (χ4n) is 1.58. The summed E-state index contributed by atoms with van der Waals surface area (Å²) >= 11 is 0. The van der Waals surface area contributed by atoms with Crippen LogP contribution in [-0.4, -0.2) is 18.2 Å². The first-order valence-electron chi connectivity index (χ1n) is 5.32. The zero-order chi connectivity index (χ0) is 11.3. The number of benzene rings is 1. The molecule has 0 spiro atoms. The second-order valence-corrected chi connectivity index (χ2v) is 3.65. The van der Waals surface area contributed by atoms with Crippen LogP contribution >= 0.6 is 0 Å². The van der Waals surface area contributed by atoms with Crippen molar-refractivity contribution in [1.29, 1.82) is 0 Å². The summed E-state index contributed by atoms with van der Waals surface area (Å²) in [4.78, 5) is 0. The summed E-state index contributed by atoms with van der Waals surface area (Å²) in [7, 11) is 0. The Labute approximate surface area is 90.1 Å². The van der Waals surface area contributed by atoms with Gasteiger partial charge >= 0.3 is 0 Å². The van der Waals surface area contributed by atoms with Gasteiger partial charge in [-0.3, -0.25) is 0 Å². The van der Waals surface area contributed by atoms with E-state index in [0.29, 0.717) is 18.5 Å². The standard InChI is InChI=1S/C12H18FNO/c1-3-12(15,9-14-4-2)10-7-5-6-8-11(10)13/h5-8,14-15H,3-4,9H2,1-2H3. The van der Waals surface area contributed by atoms with E-state index in [4.69, 9.17) is 0 Å². The van der Waals surface area contributed by atoms with Crippen molar-refractivity contribution in [1.82, 2.24) is 5.32 Å². The number of halogens is 1. The van der Waals surface area contributed by atoms with Crippen LogP contribution in [-0.2, 0) is 5.60 Å². The number of nitrogens with one attached hydrogen (secondary N) is 1. The Hall–Kier alpha value is -0.930. The minimum absolute atomic E-state index is 0.347. The van der Waals surface area contributed by atoms with Gasteiger partial charge < -0.3 is 10.4 Å². The SMILES string of the molecule is CCNCC(O)(CC)c1ccccc1F. The van der Waals surface area contributed by atoms with E-state index in [1.54, 1.807) is 18.2 Å².